The molecule has 8 heteroatoms. The Hall–Kier alpha value is -3.68. The first-order valence-corrected chi connectivity index (χ1v) is 11.2. The zero-order chi connectivity index (χ0) is 24.5. The van der Waals surface area contributed by atoms with E-state index >= 15 is 0 Å². The normalized spacial score (nSPS) is 18.1. The van der Waals surface area contributed by atoms with Gasteiger partial charge >= 0.3 is 12.1 Å². The van der Waals surface area contributed by atoms with Crippen molar-refractivity contribution in [2.45, 2.75) is 51.9 Å². The first kappa shape index (κ1) is 23.5. The summed E-state index contributed by atoms with van der Waals surface area (Å²) in [7, 11) is 1.30. The quantitative estimate of drug-likeness (QED) is 0.525. The highest BCUT2D eigenvalue weighted by atomic mass is 16.6. The molecule has 1 fully saturated rings. The molecule has 1 unspecified atom stereocenters. The number of hydrogen-bond acceptors (Lipinski definition) is 7. The Morgan fingerprint density at radius 3 is 2.47 bits per heavy atom. The molecule has 1 amide bonds. The standard InChI is InChI=1S/C26H29N3O5/c1-16-11-12-20-19(13-16)23(28-22(27-20)17-9-7-6-8-10-17)33-18-14-21(24(30)32-5)29(15-18)25(31)34-26(2,3)4/h6-13,18,21H,14-15H2,1-5H3/t18?,21-/m0/s1. The zero-order valence-electron chi connectivity index (χ0n) is 20.1. The van der Waals surface area contributed by atoms with E-state index in [2.05, 4.69) is 0 Å². The van der Waals surface area contributed by atoms with E-state index in [0.29, 0.717) is 11.7 Å². The zero-order valence-corrected chi connectivity index (χ0v) is 20.1. The summed E-state index contributed by atoms with van der Waals surface area (Å²) in [5.41, 5.74) is 1.97. The van der Waals surface area contributed by atoms with Gasteiger partial charge in [0.2, 0.25) is 5.88 Å². The number of likely N-dealkylation sites (tertiary alicyclic amines) is 1. The highest BCUT2D eigenvalue weighted by molar-refractivity contribution is 5.86. The maximum Gasteiger partial charge on any atom is 0.411 e. The summed E-state index contributed by atoms with van der Waals surface area (Å²) in [5.74, 6) is 0.441. The Kier molecular flexibility index (Phi) is 6.41. The lowest BCUT2D eigenvalue weighted by molar-refractivity contribution is -0.145. The molecule has 0 radical (unpaired) electrons. The van der Waals surface area contributed by atoms with E-state index in [1.54, 1.807) is 20.8 Å². The van der Waals surface area contributed by atoms with Crippen LogP contribution in [0.3, 0.4) is 0 Å². The van der Waals surface area contributed by atoms with Crippen molar-refractivity contribution in [2.75, 3.05) is 13.7 Å². The summed E-state index contributed by atoms with van der Waals surface area (Å²) in [6, 6.07) is 14.8. The second-order valence-electron chi connectivity index (χ2n) is 9.39. The maximum atomic E-state index is 12.8. The lowest BCUT2D eigenvalue weighted by atomic mass is 10.1. The topological polar surface area (TPSA) is 90.9 Å². The number of esters is 1. The molecule has 0 saturated carbocycles. The van der Waals surface area contributed by atoms with Gasteiger partial charge in [0.1, 0.15) is 17.7 Å². The van der Waals surface area contributed by atoms with E-state index in [0.717, 1.165) is 22.0 Å². The predicted molar refractivity (Wildman–Crippen MR) is 127 cm³/mol. The maximum absolute atomic E-state index is 12.8. The molecular weight excluding hydrogens is 434 g/mol. The number of ether oxygens (including phenoxy) is 3. The fraction of sp³-hybridized carbons (Fsp3) is 0.385. The third kappa shape index (κ3) is 5.11. The Labute approximate surface area is 198 Å². The van der Waals surface area contributed by atoms with Crippen LogP contribution in [0.1, 0.15) is 32.8 Å². The number of carbonyl (C=O) groups excluding carboxylic acids is 2. The lowest BCUT2D eigenvalue weighted by Gasteiger charge is -2.27. The van der Waals surface area contributed by atoms with Gasteiger partial charge in [-0.2, -0.15) is 4.98 Å². The molecule has 2 atom stereocenters. The van der Waals surface area contributed by atoms with E-state index < -0.39 is 29.8 Å². The molecular formula is C26H29N3O5. The summed E-state index contributed by atoms with van der Waals surface area (Å²) < 4.78 is 16.8. The van der Waals surface area contributed by atoms with Gasteiger partial charge in [-0.3, -0.25) is 4.90 Å². The van der Waals surface area contributed by atoms with Crippen molar-refractivity contribution in [3.63, 3.8) is 0 Å². The number of fused-ring (bicyclic) bond motifs is 1. The van der Waals surface area contributed by atoms with Crippen LogP contribution in [0, 0.1) is 6.92 Å². The van der Waals surface area contributed by atoms with E-state index in [1.807, 2.05) is 55.5 Å². The van der Waals surface area contributed by atoms with Crippen molar-refractivity contribution in [1.29, 1.82) is 0 Å². The number of amides is 1. The molecule has 3 aromatic rings. The van der Waals surface area contributed by atoms with Crippen molar-refractivity contribution in [2.24, 2.45) is 0 Å². The van der Waals surface area contributed by atoms with E-state index in [9.17, 15) is 9.59 Å². The molecule has 4 rings (SSSR count). The van der Waals surface area contributed by atoms with Gasteiger partial charge in [0.15, 0.2) is 5.82 Å². The van der Waals surface area contributed by atoms with Gasteiger partial charge in [0.05, 0.1) is 24.6 Å². The Morgan fingerprint density at radius 1 is 1.06 bits per heavy atom. The van der Waals surface area contributed by atoms with Crippen LogP contribution in [0.2, 0.25) is 0 Å². The molecule has 8 nitrogen and oxygen atoms in total. The minimum absolute atomic E-state index is 0.173. The van der Waals surface area contributed by atoms with Crippen molar-refractivity contribution >= 4 is 23.0 Å². The molecule has 1 aliphatic rings. The van der Waals surface area contributed by atoms with Crippen LogP contribution < -0.4 is 4.74 Å². The number of aryl methyl sites for hydroxylation is 1. The largest absolute Gasteiger partial charge is 0.472 e. The highest BCUT2D eigenvalue weighted by Crippen LogP contribution is 2.31. The van der Waals surface area contributed by atoms with Crippen LogP contribution in [-0.4, -0.2) is 58.3 Å². The van der Waals surface area contributed by atoms with E-state index in [-0.39, 0.29) is 13.0 Å². The minimum atomic E-state index is -0.798. The van der Waals surface area contributed by atoms with Crippen molar-refractivity contribution in [3.05, 3.63) is 54.1 Å². The number of aromatic nitrogens is 2. The lowest BCUT2D eigenvalue weighted by Crippen LogP contribution is -2.44. The SMILES string of the molecule is COC(=O)[C@@H]1CC(Oc2nc(-c3ccccc3)nc3ccc(C)cc23)CN1C(=O)OC(C)(C)C. The van der Waals surface area contributed by atoms with Gasteiger partial charge in [-0.15, -0.1) is 0 Å². The average molecular weight is 464 g/mol. The average Bonchev–Trinajstić information content (AvgIpc) is 3.22. The molecule has 1 aromatic heterocycles. The van der Waals surface area contributed by atoms with Crippen LogP contribution in [0.4, 0.5) is 4.79 Å². The third-order valence-electron chi connectivity index (χ3n) is 5.49. The number of nitrogens with zero attached hydrogens (tertiary/aromatic N) is 3. The van der Waals surface area contributed by atoms with Gasteiger partial charge < -0.3 is 14.2 Å². The molecule has 34 heavy (non-hydrogen) atoms. The molecule has 0 spiro atoms. The van der Waals surface area contributed by atoms with Crippen LogP contribution in [0.5, 0.6) is 5.88 Å². The number of carbonyl (C=O) groups is 2. The fourth-order valence-corrected chi connectivity index (χ4v) is 3.94. The molecule has 0 aliphatic carbocycles. The van der Waals surface area contributed by atoms with Gasteiger partial charge in [-0.05, 0) is 39.8 Å². The summed E-state index contributed by atoms with van der Waals surface area (Å²) in [4.78, 5) is 36.0. The summed E-state index contributed by atoms with van der Waals surface area (Å²) in [6.45, 7) is 7.50. The molecule has 1 aliphatic heterocycles. The Bertz CT molecular complexity index is 1210. The van der Waals surface area contributed by atoms with Crippen LogP contribution in [0.25, 0.3) is 22.3 Å². The van der Waals surface area contributed by atoms with Crippen molar-refractivity contribution < 1.29 is 23.8 Å². The second kappa shape index (κ2) is 9.29. The van der Waals surface area contributed by atoms with Crippen molar-refractivity contribution in [3.8, 4) is 17.3 Å². The van der Waals surface area contributed by atoms with E-state index in [4.69, 9.17) is 24.2 Å². The van der Waals surface area contributed by atoms with Gasteiger partial charge in [-0.1, -0.05) is 42.0 Å². The van der Waals surface area contributed by atoms with E-state index in [1.165, 1.54) is 12.0 Å². The third-order valence-corrected chi connectivity index (χ3v) is 5.49. The molecule has 2 aromatic carbocycles. The first-order valence-electron chi connectivity index (χ1n) is 11.2. The smallest absolute Gasteiger partial charge is 0.411 e. The Balaban J connectivity index is 1.67. The van der Waals surface area contributed by atoms with Crippen LogP contribution >= 0.6 is 0 Å². The summed E-state index contributed by atoms with van der Waals surface area (Å²) in [6.07, 6.45) is -0.787. The monoisotopic (exact) mass is 463 g/mol. The molecule has 2 heterocycles. The molecule has 178 valence electrons. The Morgan fingerprint density at radius 2 is 1.79 bits per heavy atom. The predicted octanol–water partition coefficient (Wildman–Crippen LogP) is 4.54. The fourth-order valence-electron chi connectivity index (χ4n) is 3.94. The summed E-state index contributed by atoms with van der Waals surface area (Å²) >= 11 is 0. The van der Waals surface area contributed by atoms with Gasteiger partial charge in [0, 0.05) is 12.0 Å². The van der Waals surface area contributed by atoms with Crippen LogP contribution in [0.15, 0.2) is 48.5 Å². The molecule has 0 bridgehead atoms. The van der Waals surface area contributed by atoms with Crippen LogP contribution in [-0.2, 0) is 14.3 Å². The number of benzene rings is 2. The molecule has 1 saturated heterocycles. The summed E-state index contributed by atoms with van der Waals surface area (Å²) in [5, 5.41) is 0.769. The van der Waals surface area contributed by atoms with Crippen molar-refractivity contribution in [1.82, 2.24) is 14.9 Å². The molecule has 0 N–H and O–H groups in total. The van der Waals surface area contributed by atoms with Gasteiger partial charge in [0.25, 0.3) is 0 Å². The van der Waals surface area contributed by atoms with Gasteiger partial charge in [-0.25, -0.2) is 14.6 Å². The minimum Gasteiger partial charge on any atom is -0.472 e. The second-order valence-corrected chi connectivity index (χ2v) is 9.39. The first-order chi connectivity index (χ1) is 16.1. The number of rotatable bonds is 4. The number of methoxy groups -OCH3 is 1. The number of hydrogen-bond donors (Lipinski definition) is 0. The highest BCUT2D eigenvalue weighted by Gasteiger charge is 2.43.